The van der Waals surface area contributed by atoms with E-state index in [1.807, 2.05) is 18.5 Å². The number of likely N-dealkylation sites (tertiary alicyclic amines) is 1. The lowest BCUT2D eigenvalue weighted by Crippen LogP contribution is -2.45. The van der Waals surface area contributed by atoms with Crippen molar-refractivity contribution in [3.05, 3.63) is 59.9 Å². The highest BCUT2D eigenvalue weighted by Crippen LogP contribution is 2.46. The van der Waals surface area contributed by atoms with Gasteiger partial charge in [-0.2, -0.15) is 0 Å². The Morgan fingerprint density at radius 2 is 1.96 bits per heavy atom. The van der Waals surface area contributed by atoms with Gasteiger partial charge in [0.05, 0.1) is 6.61 Å². The first kappa shape index (κ1) is 16.6. The van der Waals surface area contributed by atoms with E-state index in [1.54, 1.807) is 12.7 Å². The van der Waals surface area contributed by atoms with E-state index in [9.17, 15) is 0 Å². The highest BCUT2D eigenvalue weighted by Gasteiger charge is 2.44. The second-order valence-corrected chi connectivity index (χ2v) is 7.35. The highest BCUT2D eigenvalue weighted by molar-refractivity contribution is 5.62. The fraction of sp³-hybridized carbons (Fsp3) is 0.476. The molecule has 0 saturated carbocycles. The number of fused-ring (bicyclic) bond motifs is 2. The molecule has 0 bridgehead atoms. The Labute approximate surface area is 150 Å². The molecule has 25 heavy (non-hydrogen) atoms. The summed E-state index contributed by atoms with van der Waals surface area (Å²) in [4.78, 5) is 9.34. The molecular formula is C21H27N3O. The summed E-state index contributed by atoms with van der Waals surface area (Å²) in [5.74, 6) is 0. The van der Waals surface area contributed by atoms with Gasteiger partial charge >= 0.3 is 0 Å². The quantitative estimate of drug-likeness (QED) is 0.838. The van der Waals surface area contributed by atoms with Crippen LogP contribution >= 0.6 is 0 Å². The van der Waals surface area contributed by atoms with Gasteiger partial charge in [0.25, 0.3) is 0 Å². The molecule has 0 amide bonds. The summed E-state index contributed by atoms with van der Waals surface area (Å²) >= 11 is 0. The van der Waals surface area contributed by atoms with Gasteiger partial charge in [-0.25, -0.2) is 0 Å². The molecule has 4 nitrogen and oxygen atoms in total. The largest absolute Gasteiger partial charge is 0.383 e. The Morgan fingerprint density at radius 1 is 1.12 bits per heavy atom. The second-order valence-electron chi connectivity index (χ2n) is 7.35. The number of anilines is 1. The van der Waals surface area contributed by atoms with Gasteiger partial charge in [-0.3, -0.25) is 9.88 Å². The SMILES string of the molecule is COCCN1CC2(CCN(Cc3cccnc3)CC2)c2ccccc21. The topological polar surface area (TPSA) is 28.6 Å². The third-order valence-electron chi connectivity index (χ3n) is 5.82. The molecular weight excluding hydrogens is 310 g/mol. The Kier molecular flexibility index (Phi) is 4.73. The van der Waals surface area contributed by atoms with E-state index in [0.717, 1.165) is 39.3 Å². The van der Waals surface area contributed by atoms with E-state index in [4.69, 9.17) is 4.74 Å². The molecule has 3 heterocycles. The summed E-state index contributed by atoms with van der Waals surface area (Å²) < 4.78 is 5.32. The Bertz CT molecular complexity index is 695. The van der Waals surface area contributed by atoms with Crippen LogP contribution in [0.5, 0.6) is 0 Å². The predicted octanol–water partition coefficient (Wildman–Crippen LogP) is 3.08. The van der Waals surface area contributed by atoms with E-state index >= 15 is 0 Å². The van der Waals surface area contributed by atoms with Crippen molar-refractivity contribution < 1.29 is 4.74 Å². The third kappa shape index (κ3) is 3.29. The lowest BCUT2D eigenvalue weighted by atomic mass is 9.74. The molecule has 132 valence electrons. The molecule has 2 aliphatic heterocycles. The molecule has 2 aromatic rings. The standard InChI is InChI=1S/C21H27N3O/c1-25-14-13-24-17-21(19-6-2-3-7-20(19)24)8-11-23(12-9-21)16-18-5-4-10-22-15-18/h2-7,10,15H,8-9,11-14,16-17H2,1H3. The van der Waals surface area contributed by atoms with Crippen LogP contribution in [0.3, 0.4) is 0 Å². The van der Waals surface area contributed by atoms with Gasteiger partial charge in [-0.15, -0.1) is 0 Å². The zero-order valence-electron chi connectivity index (χ0n) is 15.0. The van der Waals surface area contributed by atoms with Gasteiger partial charge < -0.3 is 9.64 Å². The van der Waals surface area contributed by atoms with Crippen LogP contribution < -0.4 is 4.90 Å². The molecule has 0 unspecified atom stereocenters. The number of rotatable bonds is 5. The van der Waals surface area contributed by atoms with Gasteiger partial charge in [0, 0.05) is 50.2 Å². The number of piperidine rings is 1. The normalized spacial score (nSPS) is 19.3. The van der Waals surface area contributed by atoms with Crippen LogP contribution in [-0.2, 0) is 16.7 Å². The van der Waals surface area contributed by atoms with Gasteiger partial charge in [0.2, 0.25) is 0 Å². The molecule has 2 aliphatic rings. The van der Waals surface area contributed by atoms with Crippen LogP contribution in [0.1, 0.15) is 24.0 Å². The van der Waals surface area contributed by atoms with Gasteiger partial charge in [0.15, 0.2) is 0 Å². The number of hydrogen-bond donors (Lipinski definition) is 0. The number of pyridine rings is 1. The Hall–Kier alpha value is -1.91. The zero-order chi connectivity index (χ0) is 17.1. The van der Waals surface area contributed by atoms with E-state index in [2.05, 4.69) is 45.1 Å². The molecule has 0 N–H and O–H groups in total. The summed E-state index contributed by atoms with van der Waals surface area (Å²) in [7, 11) is 1.79. The van der Waals surface area contributed by atoms with E-state index in [0.29, 0.717) is 5.41 Å². The Morgan fingerprint density at radius 3 is 2.72 bits per heavy atom. The summed E-state index contributed by atoms with van der Waals surface area (Å²) in [5.41, 5.74) is 4.59. The van der Waals surface area contributed by atoms with Crippen LogP contribution in [0.25, 0.3) is 0 Å². The minimum Gasteiger partial charge on any atom is -0.383 e. The molecule has 0 radical (unpaired) electrons. The first-order valence-corrected chi connectivity index (χ1v) is 9.25. The first-order chi connectivity index (χ1) is 12.3. The molecule has 4 heteroatoms. The monoisotopic (exact) mass is 337 g/mol. The minimum atomic E-state index is 0.315. The van der Waals surface area contributed by atoms with E-state index in [1.165, 1.54) is 24.1 Å². The summed E-state index contributed by atoms with van der Waals surface area (Å²) in [5, 5.41) is 0. The summed E-state index contributed by atoms with van der Waals surface area (Å²) in [6.07, 6.45) is 6.29. The predicted molar refractivity (Wildman–Crippen MR) is 101 cm³/mol. The molecule has 4 rings (SSSR count). The minimum absolute atomic E-state index is 0.315. The number of benzene rings is 1. The lowest BCUT2D eigenvalue weighted by molar-refractivity contribution is 0.157. The molecule has 1 spiro atoms. The number of ether oxygens (including phenoxy) is 1. The molecule has 0 atom stereocenters. The average molecular weight is 337 g/mol. The van der Waals surface area contributed by atoms with Crippen LogP contribution in [0.4, 0.5) is 5.69 Å². The maximum Gasteiger partial charge on any atom is 0.0637 e. The van der Waals surface area contributed by atoms with Crippen molar-refractivity contribution in [3.63, 3.8) is 0 Å². The Balaban J connectivity index is 1.47. The lowest BCUT2D eigenvalue weighted by Gasteiger charge is -2.40. The van der Waals surface area contributed by atoms with Crippen molar-refractivity contribution >= 4 is 5.69 Å². The molecule has 1 saturated heterocycles. The van der Waals surface area contributed by atoms with Gasteiger partial charge in [-0.05, 0) is 49.2 Å². The van der Waals surface area contributed by atoms with Crippen LogP contribution in [0, 0.1) is 0 Å². The van der Waals surface area contributed by atoms with Crippen molar-refractivity contribution in [2.45, 2.75) is 24.8 Å². The molecule has 0 aliphatic carbocycles. The van der Waals surface area contributed by atoms with E-state index in [-0.39, 0.29) is 0 Å². The summed E-state index contributed by atoms with van der Waals surface area (Å²) in [6.45, 7) is 6.23. The van der Waals surface area contributed by atoms with Gasteiger partial charge in [0.1, 0.15) is 0 Å². The fourth-order valence-corrected chi connectivity index (χ4v) is 4.45. The average Bonchev–Trinajstić information content (AvgIpc) is 2.97. The highest BCUT2D eigenvalue weighted by atomic mass is 16.5. The maximum atomic E-state index is 5.32. The van der Waals surface area contributed by atoms with Crippen molar-refractivity contribution in [1.29, 1.82) is 0 Å². The third-order valence-corrected chi connectivity index (χ3v) is 5.82. The maximum absolute atomic E-state index is 5.32. The van der Waals surface area contributed by atoms with Gasteiger partial charge in [-0.1, -0.05) is 24.3 Å². The van der Waals surface area contributed by atoms with Crippen molar-refractivity contribution in [1.82, 2.24) is 9.88 Å². The van der Waals surface area contributed by atoms with Crippen LogP contribution in [-0.4, -0.2) is 49.8 Å². The first-order valence-electron chi connectivity index (χ1n) is 9.25. The summed E-state index contributed by atoms with van der Waals surface area (Å²) in [6, 6.07) is 13.2. The smallest absolute Gasteiger partial charge is 0.0637 e. The molecule has 1 aromatic heterocycles. The van der Waals surface area contributed by atoms with Crippen molar-refractivity contribution in [2.24, 2.45) is 0 Å². The number of aromatic nitrogens is 1. The number of hydrogen-bond acceptors (Lipinski definition) is 4. The fourth-order valence-electron chi connectivity index (χ4n) is 4.45. The van der Waals surface area contributed by atoms with Crippen molar-refractivity contribution in [3.8, 4) is 0 Å². The van der Waals surface area contributed by atoms with Crippen molar-refractivity contribution in [2.75, 3.05) is 44.8 Å². The zero-order valence-corrected chi connectivity index (χ0v) is 15.0. The second kappa shape index (κ2) is 7.14. The number of para-hydroxylation sites is 1. The van der Waals surface area contributed by atoms with Crippen LogP contribution in [0.2, 0.25) is 0 Å². The number of nitrogens with zero attached hydrogens (tertiary/aromatic N) is 3. The van der Waals surface area contributed by atoms with E-state index < -0.39 is 0 Å². The molecule has 1 fully saturated rings. The number of methoxy groups -OCH3 is 1. The van der Waals surface area contributed by atoms with Crippen LogP contribution in [0.15, 0.2) is 48.8 Å². The molecule has 1 aromatic carbocycles.